The van der Waals surface area contributed by atoms with E-state index in [1.807, 2.05) is 27.7 Å². The largest absolute Gasteiger partial charge is 0.463 e. The molecule has 0 saturated heterocycles. The predicted molar refractivity (Wildman–Crippen MR) is 167 cm³/mol. The number of ether oxygens (including phenoxy) is 1. The number of rotatable bonds is 1. The number of hydrogen-bond donors (Lipinski definition) is 0. The molecule has 0 unspecified atom stereocenters. The van der Waals surface area contributed by atoms with Crippen molar-refractivity contribution < 1.29 is 9.31 Å². The molecule has 2 aromatic rings. The van der Waals surface area contributed by atoms with E-state index in [1.165, 1.54) is 114 Å². The van der Waals surface area contributed by atoms with E-state index in [9.17, 15) is 0 Å². The molecule has 3 nitrogen and oxygen atoms in total. The lowest BCUT2D eigenvalue weighted by atomic mass is 9.84. The van der Waals surface area contributed by atoms with Crippen molar-refractivity contribution in [2.45, 2.75) is 86.0 Å². The monoisotopic (exact) mass is 523 g/mol. The van der Waals surface area contributed by atoms with E-state index >= 15 is 0 Å². The maximum atomic E-state index is 6.86. The molecule has 0 N–H and O–H groups in total. The van der Waals surface area contributed by atoms with E-state index in [4.69, 9.17) is 4.74 Å². The van der Waals surface area contributed by atoms with Crippen LogP contribution in [0.4, 0.5) is 5.69 Å². The number of aryl methyl sites for hydroxylation is 2. The molecule has 39 heavy (non-hydrogen) atoms. The number of fused-ring (bicyclic) bond motifs is 2. The van der Waals surface area contributed by atoms with Gasteiger partial charge in [0.15, 0.2) is 0 Å². The Morgan fingerprint density at radius 3 is 2.26 bits per heavy atom. The highest BCUT2D eigenvalue weighted by Crippen LogP contribution is 2.46. The molecule has 0 fully saturated rings. The van der Waals surface area contributed by atoms with Crippen molar-refractivity contribution in [1.82, 2.24) is 0 Å². The molecule has 5 aliphatic rings. The summed E-state index contributed by atoms with van der Waals surface area (Å²) >= 11 is 0. The lowest BCUT2D eigenvalue weighted by molar-refractivity contribution is -0.533. The van der Waals surface area contributed by atoms with Crippen LogP contribution in [0.5, 0.6) is 5.75 Å². The summed E-state index contributed by atoms with van der Waals surface area (Å²) in [5.41, 5.74) is 14.0. The zero-order valence-electron chi connectivity index (χ0n) is 24.9. The van der Waals surface area contributed by atoms with E-state index in [0.717, 1.165) is 25.0 Å². The van der Waals surface area contributed by atoms with Gasteiger partial charge in [-0.05, 0) is 73.8 Å². The third-order valence-corrected chi connectivity index (χ3v) is 8.64. The molecule has 0 aliphatic carbocycles. The Balaban J connectivity index is 0.000000738. The van der Waals surface area contributed by atoms with E-state index in [0.29, 0.717) is 0 Å². The van der Waals surface area contributed by atoms with Crippen LogP contribution in [0, 0.1) is 6.92 Å². The van der Waals surface area contributed by atoms with E-state index in [1.54, 1.807) is 0 Å². The van der Waals surface area contributed by atoms with Gasteiger partial charge in [-0.15, -0.1) is 0 Å². The molecule has 5 heterocycles. The fourth-order valence-corrected chi connectivity index (χ4v) is 7.06. The highest BCUT2D eigenvalue weighted by Gasteiger charge is 2.33. The van der Waals surface area contributed by atoms with Crippen LogP contribution in [0.25, 0.3) is 5.57 Å². The molecule has 2 aromatic carbocycles. The fourth-order valence-electron chi connectivity index (χ4n) is 7.06. The van der Waals surface area contributed by atoms with Gasteiger partial charge in [0, 0.05) is 48.3 Å². The fraction of sp³-hybridized carbons (Fsp3) is 0.472. The second-order valence-corrected chi connectivity index (χ2v) is 10.8. The van der Waals surface area contributed by atoms with Crippen LogP contribution in [-0.2, 0) is 12.8 Å². The van der Waals surface area contributed by atoms with Gasteiger partial charge in [-0.2, -0.15) is 0 Å². The van der Waals surface area contributed by atoms with Gasteiger partial charge in [0.1, 0.15) is 25.1 Å². The number of nitrogens with zero attached hydrogens (tertiary/aromatic N) is 2. The van der Waals surface area contributed by atoms with E-state index in [-0.39, 0.29) is 0 Å². The first kappa shape index (κ1) is 27.5. The first-order valence-corrected chi connectivity index (χ1v) is 15.7. The maximum absolute atomic E-state index is 6.86. The van der Waals surface area contributed by atoms with Gasteiger partial charge in [-0.3, -0.25) is 0 Å². The molecule has 206 valence electrons. The minimum absolute atomic E-state index is 1.10. The number of benzene rings is 2. The van der Waals surface area contributed by atoms with Crippen LogP contribution >= 0.6 is 0 Å². The first-order valence-electron chi connectivity index (χ1n) is 15.7. The van der Waals surface area contributed by atoms with Gasteiger partial charge in [-0.1, -0.05) is 64.1 Å². The van der Waals surface area contributed by atoms with Crippen LogP contribution < -0.4 is 9.64 Å². The number of allylic oxidation sites excluding steroid dienone is 4. The molecule has 0 amide bonds. The standard InChI is InChI=1S/C32H35N2O.2C2H6/c1-22-8-2-3-12-26(22)27-15-14-23-9-4-16-33-17-6-11-25(30(23)33)21-35-32-28-13-7-19-34-18-5-10-24(31(28)34)20-29(27)32;2*1-2/h2-3,8,12,14-15,20-21H,4-7,9-11,13,16-19H2,1H3;2*1-2H3/q+1;;/b25-21-;;. The molecule has 0 bridgehead atoms. The Labute approximate surface area is 236 Å². The SMILES string of the molecule is CC.CC.Cc1ccccc1/C1=C/C=C2/CCC[N+]3=C2/C(=C\Oc2c1cc1c4c2CCCN4CCC1)CCC3. The summed E-state index contributed by atoms with van der Waals surface area (Å²) in [5, 5.41) is 0. The average molecular weight is 524 g/mol. The van der Waals surface area contributed by atoms with Crippen molar-refractivity contribution in [1.29, 1.82) is 0 Å². The lowest BCUT2D eigenvalue weighted by Gasteiger charge is -2.38. The van der Waals surface area contributed by atoms with Crippen molar-refractivity contribution in [2.24, 2.45) is 0 Å². The Hall–Kier alpha value is -3.07. The Morgan fingerprint density at radius 2 is 1.49 bits per heavy atom. The third kappa shape index (κ3) is 5.13. The summed E-state index contributed by atoms with van der Waals surface area (Å²) in [4.78, 5) is 2.63. The van der Waals surface area contributed by atoms with Crippen LogP contribution in [0.15, 0.2) is 59.9 Å². The molecule has 0 saturated carbocycles. The van der Waals surface area contributed by atoms with E-state index < -0.39 is 0 Å². The summed E-state index contributed by atoms with van der Waals surface area (Å²) in [7, 11) is 0. The summed E-state index contributed by atoms with van der Waals surface area (Å²) in [6.07, 6.45) is 16.4. The predicted octanol–water partition coefficient (Wildman–Crippen LogP) is 8.42. The minimum Gasteiger partial charge on any atom is -0.463 e. The van der Waals surface area contributed by atoms with Gasteiger partial charge in [0.05, 0.1) is 5.57 Å². The Morgan fingerprint density at radius 1 is 0.769 bits per heavy atom. The highest BCUT2D eigenvalue weighted by atomic mass is 16.5. The first-order chi connectivity index (χ1) is 19.3. The minimum atomic E-state index is 1.10. The van der Waals surface area contributed by atoms with Crippen molar-refractivity contribution in [3.8, 4) is 5.75 Å². The lowest BCUT2D eigenvalue weighted by Crippen LogP contribution is -2.35. The van der Waals surface area contributed by atoms with Crippen molar-refractivity contribution in [3.05, 3.63) is 87.7 Å². The quantitative estimate of drug-likeness (QED) is 0.349. The topological polar surface area (TPSA) is 15.5 Å². The van der Waals surface area contributed by atoms with Crippen molar-refractivity contribution in [2.75, 3.05) is 31.1 Å². The number of hydrogen-bond acceptors (Lipinski definition) is 2. The van der Waals surface area contributed by atoms with Crippen LogP contribution in [0.1, 0.15) is 94.0 Å². The Kier molecular flexibility index (Phi) is 8.75. The molecule has 5 aliphatic heterocycles. The van der Waals surface area contributed by atoms with Crippen LogP contribution in [0.2, 0.25) is 0 Å². The molecular weight excluding hydrogens is 476 g/mol. The zero-order chi connectivity index (χ0) is 27.4. The number of anilines is 1. The molecule has 0 atom stereocenters. The normalized spacial score (nSPS) is 23.2. The molecule has 3 heteroatoms. The summed E-state index contributed by atoms with van der Waals surface area (Å²) in [6, 6.07) is 11.3. The zero-order valence-corrected chi connectivity index (χ0v) is 24.9. The second kappa shape index (κ2) is 12.4. The van der Waals surface area contributed by atoms with Gasteiger partial charge >= 0.3 is 0 Å². The van der Waals surface area contributed by atoms with E-state index in [2.05, 4.69) is 65.1 Å². The van der Waals surface area contributed by atoms with Gasteiger partial charge in [0.2, 0.25) is 5.71 Å². The molecule has 0 radical (unpaired) electrons. The molecule has 0 spiro atoms. The maximum Gasteiger partial charge on any atom is 0.209 e. The summed E-state index contributed by atoms with van der Waals surface area (Å²) in [6.45, 7) is 14.9. The highest BCUT2D eigenvalue weighted by molar-refractivity contribution is 6.10. The molecule has 7 rings (SSSR count). The Bertz CT molecular complexity index is 1330. The van der Waals surface area contributed by atoms with Crippen molar-refractivity contribution >= 4 is 17.0 Å². The third-order valence-electron chi connectivity index (χ3n) is 8.64. The smallest absolute Gasteiger partial charge is 0.209 e. The van der Waals surface area contributed by atoms with Gasteiger partial charge < -0.3 is 9.64 Å². The van der Waals surface area contributed by atoms with Crippen LogP contribution in [-0.4, -0.2) is 36.5 Å². The van der Waals surface area contributed by atoms with Crippen LogP contribution in [0.3, 0.4) is 0 Å². The van der Waals surface area contributed by atoms with Gasteiger partial charge in [-0.25, -0.2) is 4.58 Å². The molecular formula is C36H47N2O+. The van der Waals surface area contributed by atoms with Crippen molar-refractivity contribution in [3.63, 3.8) is 0 Å². The summed E-state index contributed by atoms with van der Waals surface area (Å²) in [5.74, 6) is 1.10. The average Bonchev–Trinajstić information content (AvgIpc) is 3.00. The summed E-state index contributed by atoms with van der Waals surface area (Å²) < 4.78 is 9.46. The second-order valence-electron chi connectivity index (χ2n) is 10.8. The molecule has 0 aromatic heterocycles. The van der Waals surface area contributed by atoms with Gasteiger partial charge in [0.25, 0.3) is 0 Å².